The van der Waals surface area contributed by atoms with Gasteiger partial charge in [0, 0.05) is 5.69 Å². The van der Waals surface area contributed by atoms with Gasteiger partial charge in [-0.05, 0) is 41.8 Å². The first-order valence-corrected chi connectivity index (χ1v) is 7.29. The Morgan fingerprint density at radius 1 is 1.17 bits per heavy atom. The van der Waals surface area contributed by atoms with Crippen molar-refractivity contribution in [2.45, 2.75) is 12.3 Å². The lowest BCUT2D eigenvalue weighted by molar-refractivity contribution is -0.117. The number of para-hydroxylation sites is 1. The van der Waals surface area contributed by atoms with E-state index in [1.807, 2.05) is 24.3 Å². The van der Waals surface area contributed by atoms with Gasteiger partial charge in [-0.15, -0.1) is 0 Å². The molecule has 0 radical (unpaired) electrons. The Hall–Kier alpha value is -2.82. The number of carbonyl (C=O) groups excluding carboxylic acids is 2. The van der Waals surface area contributed by atoms with E-state index in [1.165, 1.54) is 7.11 Å². The highest BCUT2D eigenvalue weighted by atomic mass is 16.5. The first-order chi connectivity index (χ1) is 11.1. The van der Waals surface area contributed by atoms with Gasteiger partial charge in [0.1, 0.15) is 5.75 Å². The number of methoxy groups -OCH3 is 2. The second-order valence-corrected chi connectivity index (χ2v) is 5.35. The largest absolute Gasteiger partial charge is 0.497 e. The van der Waals surface area contributed by atoms with E-state index in [0.717, 1.165) is 16.8 Å². The molecule has 3 rings (SSSR count). The summed E-state index contributed by atoms with van der Waals surface area (Å²) >= 11 is 0. The van der Waals surface area contributed by atoms with Gasteiger partial charge in [0.2, 0.25) is 5.91 Å². The van der Waals surface area contributed by atoms with Crippen LogP contribution in [0.2, 0.25) is 0 Å². The topological polar surface area (TPSA) is 64.6 Å². The number of fused-ring (bicyclic) bond motifs is 1. The van der Waals surface area contributed by atoms with E-state index in [2.05, 4.69) is 5.32 Å². The maximum Gasteiger partial charge on any atom is 0.338 e. The molecule has 1 aliphatic rings. The van der Waals surface area contributed by atoms with E-state index in [0.29, 0.717) is 17.7 Å². The molecule has 0 aliphatic carbocycles. The summed E-state index contributed by atoms with van der Waals surface area (Å²) in [5.41, 5.74) is 2.94. The Morgan fingerprint density at radius 3 is 2.70 bits per heavy atom. The molecule has 0 spiro atoms. The summed E-state index contributed by atoms with van der Waals surface area (Å²) < 4.78 is 10.1. The molecule has 1 aliphatic heterocycles. The first-order valence-electron chi connectivity index (χ1n) is 7.29. The van der Waals surface area contributed by atoms with Crippen LogP contribution in [-0.4, -0.2) is 26.1 Å². The van der Waals surface area contributed by atoms with E-state index in [4.69, 9.17) is 9.47 Å². The maximum absolute atomic E-state index is 12.3. The van der Waals surface area contributed by atoms with Crippen LogP contribution in [0.25, 0.3) is 0 Å². The maximum atomic E-state index is 12.3. The molecule has 0 fully saturated rings. The minimum atomic E-state index is -0.422. The highest BCUT2D eigenvalue weighted by molar-refractivity contribution is 6.03. The number of hydrogen-bond acceptors (Lipinski definition) is 4. The Kier molecular flexibility index (Phi) is 4.02. The van der Waals surface area contributed by atoms with Crippen LogP contribution in [0.3, 0.4) is 0 Å². The number of hydrogen-bond donors (Lipinski definition) is 1. The average Bonchev–Trinajstić information content (AvgIpc) is 2.90. The van der Waals surface area contributed by atoms with E-state index in [9.17, 15) is 9.59 Å². The molecule has 0 saturated carbocycles. The van der Waals surface area contributed by atoms with Crippen molar-refractivity contribution in [3.8, 4) is 5.75 Å². The molecule has 2 aromatic carbocycles. The van der Waals surface area contributed by atoms with Crippen LogP contribution in [0.1, 0.15) is 27.4 Å². The van der Waals surface area contributed by atoms with Gasteiger partial charge in [-0.3, -0.25) is 4.79 Å². The van der Waals surface area contributed by atoms with Crippen molar-refractivity contribution in [3.05, 3.63) is 59.2 Å². The van der Waals surface area contributed by atoms with Gasteiger partial charge in [0.15, 0.2) is 0 Å². The standard InChI is InChI=1S/C18H17NO4/c1-22-12-7-8-13(18(21)23-2)11(9-12)10-15-14-5-3-4-6-16(14)19-17(15)20/h3-9,15H,10H2,1-2H3,(H,19,20). The third kappa shape index (κ3) is 2.77. The van der Waals surface area contributed by atoms with Gasteiger partial charge in [-0.2, -0.15) is 0 Å². The van der Waals surface area contributed by atoms with Crippen molar-refractivity contribution in [2.75, 3.05) is 19.5 Å². The van der Waals surface area contributed by atoms with E-state index >= 15 is 0 Å². The van der Waals surface area contributed by atoms with Gasteiger partial charge in [0.05, 0.1) is 25.7 Å². The quantitative estimate of drug-likeness (QED) is 0.882. The predicted octanol–water partition coefficient (Wildman–Crippen LogP) is 2.76. The third-order valence-corrected chi connectivity index (χ3v) is 4.05. The molecule has 23 heavy (non-hydrogen) atoms. The van der Waals surface area contributed by atoms with E-state index < -0.39 is 5.97 Å². The van der Waals surface area contributed by atoms with E-state index in [1.54, 1.807) is 25.3 Å². The van der Waals surface area contributed by atoms with Gasteiger partial charge in [0.25, 0.3) is 0 Å². The third-order valence-electron chi connectivity index (χ3n) is 4.05. The van der Waals surface area contributed by atoms with Crippen molar-refractivity contribution >= 4 is 17.6 Å². The van der Waals surface area contributed by atoms with Crippen molar-refractivity contribution in [2.24, 2.45) is 0 Å². The molecular weight excluding hydrogens is 294 g/mol. The van der Waals surface area contributed by atoms with Crippen molar-refractivity contribution < 1.29 is 19.1 Å². The van der Waals surface area contributed by atoms with Gasteiger partial charge in [-0.1, -0.05) is 18.2 Å². The Bertz CT molecular complexity index is 769. The number of amides is 1. The highest BCUT2D eigenvalue weighted by Gasteiger charge is 2.31. The zero-order valence-electron chi connectivity index (χ0n) is 13.0. The minimum Gasteiger partial charge on any atom is -0.497 e. The second kappa shape index (κ2) is 6.12. The first kappa shape index (κ1) is 15.1. The van der Waals surface area contributed by atoms with Gasteiger partial charge in [-0.25, -0.2) is 4.79 Å². The Balaban J connectivity index is 1.99. The summed E-state index contributed by atoms with van der Waals surface area (Å²) in [7, 11) is 2.91. The van der Waals surface area contributed by atoms with Gasteiger partial charge < -0.3 is 14.8 Å². The second-order valence-electron chi connectivity index (χ2n) is 5.35. The van der Waals surface area contributed by atoms with Crippen molar-refractivity contribution in [3.63, 3.8) is 0 Å². The van der Waals surface area contributed by atoms with Crippen LogP contribution >= 0.6 is 0 Å². The smallest absolute Gasteiger partial charge is 0.338 e. The molecule has 5 nitrogen and oxygen atoms in total. The molecule has 1 N–H and O–H groups in total. The highest BCUT2D eigenvalue weighted by Crippen LogP contribution is 2.35. The SMILES string of the molecule is COC(=O)c1ccc(OC)cc1CC1C(=O)Nc2ccccc21. The summed E-state index contributed by atoms with van der Waals surface area (Å²) in [5.74, 6) is -0.180. The Labute approximate surface area is 134 Å². The molecule has 0 saturated heterocycles. The Morgan fingerprint density at radius 2 is 1.96 bits per heavy atom. The molecule has 1 heterocycles. The average molecular weight is 311 g/mol. The number of rotatable bonds is 4. The lowest BCUT2D eigenvalue weighted by atomic mass is 9.91. The minimum absolute atomic E-state index is 0.0650. The zero-order valence-corrected chi connectivity index (χ0v) is 13.0. The molecule has 0 bridgehead atoms. The molecule has 0 aromatic heterocycles. The lowest BCUT2D eigenvalue weighted by Crippen LogP contribution is -2.16. The monoisotopic (exact) mass is 311 g/mol. The number of benzene rings is 2. The molecule has 5 heteroatoms. The molecule has 1 atom stereocenters. The summed E-state index contributed by atoms with van der Waals surface area (Å²) in [5, 5.41) is 2.87. The van der Waals surface area contributed by atoms with Crippen molar-refractivity contribution in [1.29, 1.82) is 0 Å². The van der Waals surface area contributed by atoms with Crippen molar-refractivity contribution in [1.82, 2.24) is 0 Å². The van der Waals surface area contributed by atoms with Crippen LogP contribution in [0.5, 0.6) is 5.75 Å². The fourth-order valence-electron chi connectivity index (χ4n) is 2.87. The molecule has 118 valence electrons. The number of anilines is 1. The number of nitrogens with one attached hydrogen (secondary N) is 1. The van der Waals surface area contributed by atoms with Gasteiger partial charge >= 0.3 is 5.97 Å². The van der Waals surface area contributed by atoms with Crippen LogP contribution in [0.15, 0.2) is 42.5 Å². The van der Waals surface area contributed by atoms with Crippen LogP contribution < -0.4 is 10.1 Å². The summed E-state index contributed by atoms with van der Waals surface area (Å²) in [6.07, 6.45) is 0.407. The van der Waals surface area contributed by atoms with Crippen LogP contribution in [0.4, 0.5) is 5.69 Å². The molecule has 2 aromatic rings. The zero-order chi connectivity index (χ0) is 16.4. The van der Waals surface area contributed by atoms with Crippen LogP contribution in [0, 0.1) is 0 Å². The summed E-state index contributed by atoms with van der Waals surface area (Å²) in [6, 6.07) is 12.7. The fraction of sp³-hybridized carbons (Fsp3) is 0.222. The molecule has 1 unspecified atom stereocenters. The summed E-state index contributed by atoms with van der Waals surface area (Å²) in [6.45, 7) is 0. The predicted molar refractivity (Wildman–Crippen MR) is 85.9 cm³/mol. The number of ether oxygens (including phenoxy) is 2. The number of carbonyl (C=O) groups is 2. The molecule has 1 amide bonds. The normalized spacial score (nSPS) is 15.7. The number of esters is 1. The summed E-state index contributed by atoms with van der Waals surface area (Å²) in [4.78, 5) is 24.3. The fourth-order valence-corrected chi connectivity index (χ4v) is 2.87. The molecular formula is C18H17NO4. The lowest BCUT2D eigenvalue weighted by Gasteiger charge is -2.13. The van der Waals surface area contributed by atoms with Crippen LogP contribution in [-0.2, 0) is 16.0 Å². The van der Waals surface area contributed by atoms with E-state index in [-0.39, 0.29) is 11.8 Å².